The Morgan fingerprint density at radius 1 is 0.978 bits per heavy atom. The number of halogens is 1. The molecule has 1 aliphatic rings. The Balaban J connectivity index is 1.41. The fourth-order valence-corrected chi connectivity index (χ4v) is 5.98. The van der Waals surface area contributed by atoms with Crippen LogP contribution in [-0.4, -0.2) is 52.9 Å². The Morgan fingerprint density at radius 3 is 2.50 bits per heavy atom. The van der Waals surface area contributed by atoms with Gasteiger partial charge in [-0.05, 0) is 119 Å². The van der Waals surface area contributed by atoms with Gasteiger partial charge in [0.1, 0.15) is 11.4 Å². The molecule has 7 nitrogen and oxygen atoms in total. The number of aromatic nitrogens is 2. The van der Waals surface area contributed by atoms with Crippen molar-refractivity contribution < 1.29 is 14.3 Å². The van der Waals surface area contributed by atoms with Crippen molar-refractivity contribution in [3.63, 3.8) is 0 Å². The van der Waals surface area contributed by atoms with Crippen LogP contribution in [0, 0.1) is 11.8 Å². The summed E-state index contributed by atoms with van der Waals surface area (Å²) in [7, 11) is 1.66. The number of benzene rings is 3. The maximum absolute atomic E-state index is 13.3. The van der Waals surface area contributed by atoms with Gasteiger partial charge < -0.3 is 14.8 Å². The van der Waals surface area contributed by atoms with Gasteiger partial charge in [0.25, 0.3) is 0 Å². The monoisotopic (exact) mass is 634 g/mol. The molecule has 0 amide bonds. The minimum absolute atomic E-state index is 0.457. The van der Waals surface area contributed by atoms with Gasteiger partial charge in [0.2, 0.25) is 0 Å². The van der Waals surface area contributed by atoms with Crippen LogP contribution in [0.15, 0.2) is 72.9 Å². The fourth-order valence-electron chi connectivity index (χ4n) is 5.80. The number of fused-ring (bicyclic) bond motifs is 2. The van der Waals surface area contributed by atoms with E-state index >= 15 is 0 Å². The molecule has 2 aromatic heterocycles. The fraction of sp³-hybridized carbons (Fsp3) is 0.316. The lowest BCUT2D eigenvalue weighted by atomic mass is 10.0. The molecule has 0 saturated carbocycles. The number of nitrogens with zero attached hydrogens (tertiary/aromatic N) is 3. The molecule has 3 aromatic carbocycles. The summed E-state index contributed by atoms with van der Waals surface area (Å²) in [6.45, 7) is 9.14. The van der Waals surface area contributed by atoms with Crippen LogP contribution in [0.2, 0.25) is 5.02 Å². The van der Waals surface area contributed by atoms with Crippen LogP contribution in [0.5, 0.6) is 5.75 Å². The number of anilines is 1. The molecule has 5 aromatic rings. The number of nitrogens with one attached hydrogen (secondary N) is 1. The van der Waals surface area contributed by atoms with Gasteiger partial charge in [0.15, 0.2) is 0 Å². The zero-order valence-electron chi connectivity index (χ0n) is 26.8. The molecule has 46 heavy (non-hydrogen) atoms. The van der Waals surface area contributed by atoms with Crippen molar-refractivity contribution in [2.75, 3.05) is 32.1 Å². The van der Waals surface area contributed by atoms with Gasteiger partial charge in [-0.1, -0.05) is 29.9 Å². The molecule has 6 rings (SSSR count). The maximum Gasteiger partial charge on any atom is 0.419 e. The number of carbonyl (C=O) groups is 1. The highest BCUT2D eigenvalue weighted by atomic mass is 35.5. The van der Waals surface area contributed by atoms with Crippen molar-refractivity contribution in [2.24, 2.45) is 0 Å². The number of carbonyl (C=O) groups excluding carboxylic acids is 1. The predicted molar refractivity (Wildman–Crippen MR) is 187 cm³/mol. The number of hydrogen-bond acceptors (Lipinski definition) is 6. The summed E-state index contributed by atoms with van der Waals surface area (Å²) in [5, 5.41) is 5.97. The first kappa shape index (κ1) is 31.5. The third kappa shape index (κ3) is 7.31. The van der Waals surface area contributed by atoms with E-state index in [1.807, 2.05) is 69.3 Å². The van der Waals surface area contributed by atoms with Gasteiger partial charge in [-0.15, -0.1) is 0 Å². The van der Waals surface area contributed by atoms with Crippen LogP contribution in [0.1, 0.15) is 51.2 Å². The van der Waals surface area contributed by atoms with E-state index in [1.54, 1.807) is 19.4 Å². The van der Waals surface area contributed by atoms with Crippen LogP contribution >= 0.6 is 11.6 Å². The first-order valence-corrected chi connectivity index (χ1v) is 16.1. The van der Waals surface area contributed by atoms with Crippen molar-refractivity contribution in [3.05, 3.63) is 89.1 Å². The van der Waals surface area contributed by atoms with Crippen LogP contribution in [0.4, 0.5) is 10.5 Å². The summed E-state index contributed by atoms with van der Waals surface area (Å²) >= 11 is 6.47. The smallest absolute Gasteiger partial charge is 0.419 e. The zero-order valence-corrected chi connectivity index (χ0v) is 27.6. The molecule has 1 N–H and O–H groups in total. The average Bonchev–Trinajstić information content (AvgIpc) is 3.42. The molecule has 3 heterocycles. The molecule has 236 valence electrons. The second-order valence-corrected chi connectivity index (χ2v) is 13.1. The SMILES string of the molecule is COc1ccc(NCc2cc(-c3cn(C(=O)OC(C)(C)C)c4ccc(Cl)cc34)nc3ccc(C#CCN4CCCCC4)cc23)cc1. The second-order valence-electron chi connectivity index (χ2n) is 12.7. The van der Waals surface area contributed by atoms with Crippen LogP contribution in [-0.2, 0) is 11.3 Å². The third-order valence-corrected chi connectivity index (χ3v) is 8.32. The lowest BCUT2D eigenvalue weighted by Crippen LogP contribution is -2.29. The number of piperidine rings is 1. The molecule has 0 atom stereocenters. The molecule has 0 unspecified atom stereocenters. The highest BCUT2D eigenvalue weighted by Crippen LogP contribution is 2.35. The minimum Gasteiger partial charge on any atom is -0.497 e. The summed E-state index contributed by atoms with van der Waals surface area (Å²) in [5.74, 6) is 7.57. The van der Waals surface area contributed by atoms with Crippen molar-refractivity contribution >= 4 is 45.2 Å². The summed E-state index contributed by atoms with van der Waals surface area (Å²) in [4.78, 5) is 20.8. The van der Waals surface area contributed by atoms with E-state index in [2.05, 4.69) is 34.2 Å². The number of hydrogen-bond donors (Lipinski definition) is 1. The zero-order chi connectivity index (χ0) is 32.3. The van der Waals surface area contributed by atoms with Gasteiger partial charge in [-0.25, -0.2) is 9.78 Å². The van der Waals surface area contributed by atoms with E-state index in [9.17, 15) is 4.79 Å². The molecule has 0 spiro atoms. The van der Waals surface area contributed by atoms with E-state index in [0.717, 1.165) is 69.7 Å². The molecule has 8 heteroatoms. The number of methoxy groups -OCH3 is 1. The van der Waals surface area contributed by atoms with Crippen LogP contribution < -0.4 is 10.1 Å². The van der Waals surface area contributed by atoms with E-state index in [0.29, 0.717) is 17.1 Å². The lowest BCUT2D eigenvalue weighted by molar-refractivity contribution is 0.0544. The first-order chi connectivity index (χ1) is 22.2. The lowest BCUT2D eigenvalue weighted by Gasteiger charge is -2.23. The van der Waals surface area contributed by atoms with Crippen LogP contribution in [0.3, 0.4) is 0 Å². The molecule has 1 saturated heterocycles. The molecular weight excluding hydrogens is 596 g/mol. The van der Waals surface area contributed by atoms with Gasteiger partial charge in [0.05, 0.1) is 30.4 Å². The van der Waals surface area contributed by atoms with Gasteiger partial charge in [-0.3, -0.25) is 9.47 Å². The van der Waals surface area contributed by atoms with E-state index < -0.39 is 11.7 Å². The maximum atomic E-state index is 13.3. The molecule has 0 aliphatic carbocycles. The molecule has 0 bridgehead atoms. The van der Waals surface area contributed by atoms with E-state index in [4.69, 9.17) is 26.1 Å². The van der Waals surface area contributed by atoms with Gasteiger partial charge >= 0.3 is 6.09 Å². The Hall–Kier alpha value is -4.51. The molecule has 0 radical (unpaired) electrons. The summed E-state index contributed by atoms with van der Waals surface area (Å²) in [6.07, 6.45) is 5.15. The third-order valence-electron chi connectivity index (χ3n) is 8.08. The summed E-state index contributed by atoms with van der Waals surface area (Å²) in [5.41, 5.74) is 5.40. The summed E-state index contributed by atoms with van der Waals surface area (Å²) < 4.78 is 12.6. The van der Waals surface area contributed by atoms with E-state index in [1.165, 1.54) is 23.8 Å². The molecule has 1 fully saturated rings. The molecular formula is C38H39ClN4O3. The Bertz CT molecular complexity index is 1940. The second kappa shape index (κ2) is 13.5. The van der Waals surface area contributed by atoms with Gasteiger partial charge in [0, 0.05) is 45.4 Å². The van der Waals surface area contributed by atoms with Crippen molar-refractivity contribution in [2.45, 2.75) is 52.2 Å². The topological polar surface area (TPSA) is 68.6 Å². The predicted octanol–water partition coefficient (Wildman–Crippen LogP) is 8.75. The number of likely N-dealkylation sites (tertiary alicyclic amines) is 1. The van der Waals surface area contributed by atoms with E-state index in [-0.39, 0.29) is 0 Å². The Kier molecular flexibility index (Phi) is 9.21. The Labute approximate surface area is 275 Å². The van der Waals surface area contributed by atoms with Crippen molar-refractivity contribution in [3.8, 4) is 28.8 Å². The number of ether oxygens (including phenoxy) is 2. The number of rotatable bonds is 6. The minimum atomic E-state index is -0.643. The summed E-state index contributed by atoms with van der Waals surface area (Å²) in [6, 6.07) is 21.6. The highest BCUT2D eigenvalue weighted by molar-refractivity contribution is 6.31. The van der Waals surface area contributed by atoms with Crippen molar-refractivity contribution in [1.82, 2.24) is 14.5 Å². The highest BCUT2D eigenvalue weighted by Gasteiger charge is 2.22. The Morgan fingerprint density at radius 2 is 1.76 bits per heavy atom. The first-order valence-electron chi connectivity index (χ1n) is 15.7. The normalized spacial score (nSPS) is 13.8. The van der Waals surface area contributed by atoms with Crippen molar-refractivity contribution in [1.29, 1.82) is 0 Å². The van der Waals surface area contributed by atoms with Crippen LogP contribution in [0.25, 0.3) is 33.1 Å². The van der Waals surface area contributed by atoms with Gasteiger partial charge in [-0.2, -0.15) is 0 Å². The standard InChI is InChI=1S/C38H39ClN4O3/c1-38(2,3)46-37(44)43-25-33(32-23-28(39)11-17-36(32)43)35-22-27(24-40-29-12-14-30(45-4)15-13-29)31-21-26(10-16-34(31)41-35)9-8-20-42-18-6-5-7-19-42/h10-17,21-23,25,40H,5-7,18-20,24H2,1-4H3. The largest absolute Gasteiger partial charge is 0.497 e. The quantitative estimate of drug-likeness (QED) is 0.188. The average molecular weight is 635 g/mol. The number of pyridine rings is 1. The molecule has 1 aliphatic heterocycles.